The van der Waals surface area contributed by atoms with E-state index in [0.717, 1.165) is 46.9 Å². The fourth-order valence-electron chi connectivity index (χ4n) is 3.14. The van der Waals surface area contributed by atoms with Gasteiger partial charge in [0.05, 0.1) is 34.7 Å². The highest BCUT2D eigenvalue weighted by molar-refractivity contribution is 7.17. The number of fused-ring (bicyclic) bond motifs is 2. The summed E-state index contributed by atoms with van der Waals surface area (Å²) in [5.74, 6) is 0.831. The van der Waals surface area contributed by atoms with Crippen molar-refractivity contribution >= 4 is 33.4 Å². The number of aryl methyl sites for hydroxylation is 1. The molecule has 0 aromatic carbocycles. The molecule has 26 heavy (non-hydrogen) atoms. The van der Waals surface area contributed by atoms with E-state index < -0.39 is 0 Å². The summed E-state index contributed by atoms with van der Waals surface area (Å²) in [6.07, 6.45) is 2.48. The monoisotopic (exact) mass is 371 g/mol. The zero-order valence-corrected chi connectivity index (χ0v) is 15.7. The predicted octanol–water partition coefficient (Wildman–Crippen LogP) is 2.39. The van der Waals surface area contributed by atoms with Gasteiger partial charge in [0.15, 0.2) is 0 Å². The molecule has 1 aliphatic heterocycles. The number of nitrogens with zero attached hydrogens (tertiary/aromatic N) is 6. The third kappa shape index (κ3) is 3.22. The molecule has 0 spiro atoms. The van der Waals surface area contributed by atoms with Crippen molar-refractivity contribution in [2.45, 2.75) is 26.1 Å². The van der Waals surface area contributed by atoms with Crippen molar-refractivity contribution in [2.24, 2.45) is 0 Å². The van der Waals surface area contributed by atoms with Crippen LogP contribution in [0.15, 0.2) is 23.8 Å². The van der Waals surface area contributed by atoms with Crippen molar-refractivity contribution < 1.29 is 4.79 Å². The molecule has 0 saturated carbocycles. The molecule has 3 aromatic heterocycles. The molecule has 3 aromatic rings. The van der Waals surface area contributed by atoms with Crippen LogP contribution in [0.5, 0.6) is 0 Å². The Balaban J connectivity index is 1.49. The van der Waals surface area contributed by atoms with Gasteiger partial charge < -0.3 is 15.1 Å². The maximum atomic E-state index is 12.3. The van der Waals surface area contributed by atoms with Gasteiger partial charge in [0.25, 0.3) is 0 Å². The average Bonchev–Trinajstić information content (AvgIpc) is 3.21. The number of urea groups is 1. The highest BCUT2D eigenvalue weighted by Gasteiger charge is 2.21. The van der Waals surface area contributed by atoms with Crippen LogP contribution >= 0.6 is 11.3 Å². The lowest BCUT2D eigenvalue weighted by Crippen LogP contribution is -2.38. The predicted molar refractivity (Wildman–Crippen MR) is 101 cm³/mol. The largest absolute Gasteiger partial charge is 0.363 e. The fourth-order valence-corrected chi connectivity index (χ4v) is 3.95. The molecule has 0 radical (unpaired) electrons. The molecule has 0 aliphatic carbocycles. The van der Waals surface area contributed by atoms with Gasteiger partial charge in [0, 0.05) is 27.2 Å². The summed E-state index contributed by atoms with van der Waals surface area (Å²) in [5.41, 5.74) is 2.96. The van der Waals surface area contributed by atoms with Gasteiger partial charge in [-0.2, -0.15) is 5.10 Å². The maximum absolute atomic E-state index is 12.3. The Hall–Kier alpha value is -2.68. The van der Waals surface area contributed by atoms with Crippen molar-refractivity contribution in [3.63, 3.8) is 0 Å². The molecular weight excluding hydrogens is 350 g/mol. The summed E-state index contributed by atoms with van der Waals surface area (Å²) in [5, 5.41) is 10.1. The van der Waals surface area contributed by atoms with Crippen LogP contribution in [-0.2, 0) is 19.6 Å². The second-order valence-electron chi connectivity index (χ2n) is 6.51. The lowest BCUT2D eigenvalue weighted by Gasteiger charge is -2.23. The fraction of sp³-hybridized carbons (Fsp3) is 0.412. The molecule has 0 fully saturated rings. The number of carbonyl (C=O) groups excluding carboxylic acids is 1. The third-order valence-electron chi connectivity index (χ3n) is 4.40. The van der Waals surface area contributed by atoms with Crippen molar-refractivity contribution in [2.75, 3.05) is 26.0 Å². The number of nitrogens with one attached hydrogen (secondary N) is 1. The van der Waals surface area contributed by atoms with E-state index in [-0.39, 0.29) is 6.03 Å². The molecule has 9 heteroatoms. The van der Waals surface area contributed by atoms with Gasteiger partial charge in [-0.15, -0.1) is 11.3 Å². The smallest absolute Gasteiger partial charge is 0.319 e. The van der Waals surface area contributed by atoms with Gasteiger partial charge in [0.2, 0.25) is 0 Å². The highest BCUT2D eigenvalue weighted by atomic mass is 32.1. The average molecular weight is 371 g/mol. The van der Waals surface area contributed by atoms with E-state index in [1.165, 1.54) is 0 Å². The highest BCUT2D eigenvalue weighted by Crippen LogP contribution is 2.25. The van der Waals surface area contributed by atoms with Gasteiger partial charge in [-0.3, -0.25) is 4.68 Å². The number of amides is 2. The first-order chi connectivity index (χ1) is 12.6. The first-order valence-corrected chi connectivity index (χ1v) is 9.43. The third-order valence-corrected chi connectivity index (χ3v) is 5.31. The van der Waals surface area contributed by atoms with E-state index in [1.54, 1.807) is 36.7 Å². The summed E-state index contributed by atoms with van der Waals surface area (Å²) in [6, 6.07) is 4.10. The number of aromatic nitrogens is 4. The summed E-state index contributed by atoms with van der Waals surface area (Å²) < 4.78 is 3.07. The zero-order valence-electron chi connectivity index (χ0n) is 14.8. The van der Waals surface area contributed by atoms with Crippen molar-refractivity contribution in [3.05, 3.63) is 35.2 Å². The Morgan fingerprint density at radius 1 is 1.35 bits per heavy atom. The molecule has 0 atom stereocenters. The van der Waals surface area contributed by atoms with Crippen LogP contribution in [0.3, 0.4) is 0 Å². The number of rotatable bonds is 3. The summed E-state index contributed by atoms with van der Waals surface area (Å²) >= 11 is 1.62. The summed E-state index contributed by atoms with van der Waals surface area (Å²) in [6.45, 7) is 2.76. The van der Waals surface area contributed by atoms with E-state index in [1.807, 2.05) is 21.0 Å². The minimum Gasteiger partial charge on any atom is -0.363 e. The van der Waals surface area contributed by atoms with E-state index in [9.17, 15) is 4.79 Å². The number of hydrogen-bond donors (Lipinski definition) is 1. The standard InChI is InChI=1S/C17H21N7OS/c1-22(2)17(25)23-5-3-6-24-13(10-23)8-12(21-24)9-18-16-15-14(4-7-26-15)19-11-20-16/h4,7-8,11H,3,5-6,9-10H2,1-2H3,(H,18,19,20). The van der Waals surface area contributed by atoms with Crippen molar-refractivity contribution in [1.82, 2.24) is 29.5 Å². The van der Waals surface area contributed by atoms with Crippen LogP contribution in [0.4, 0.5) is 10.6 Å². The van der Waals surface area contributed by atoms with E-state index in [2.05, 4.69) is 21.4 Å². The Bertz CT molecular complexity index is 932. The number of hydrogen-bond acceptors (Lipinski definition) is 6. The molecule has 0 saturated heterocycles. The van der Waals surface area contributed by atoms with Crippen LogP contribution in [0.1, 0.15) is 17.8 Å². The second kappa shape index (κ2) is 6.91. The lowest BCUT2D eigenvalue weighted by atomic mass is 10.3. The first-order valence-electron chi connectivity index (χ1n) is 8.56. The number of anilines is 1. The Kier molecular flexibility index (Phi) is 4.46. The Morgan fingerprint density at radius 2 is 2.23 bits per heavy atom. The van der Waals surface area contributed by atoms with Crippen LogP contribution in [0.2, 0.25) is 0 Å². The quantitative estimate of drug-likeness (QED) is 0.765. The molecule has 8 nitrogen and oxygen atoms in total. The van der Waals surface area contributed by atoms with E-state index >= 15 is 0 Å². The van der Waals surface area contributed by atoms with Gasteiger partial charge in [0.1, 0.15) is 12.1 Å². The van der Waals surface area contributed by atoms with Gasteiger partial charge in [-0.25, -0.2) is 14.8 Å². The Labute approximate surface area is 155 Å². The topological polar surface area (TPSA) is 79.2 Å². The van der Waals surface area contributed by atoms with E-state index in [0.29, 0.717) is 13.1 Å². The molecular formula is C17H21N7OS. The first kappa shape index (κ1) is 16.8. The normalized spacial score (nSPS) is 14.2. The zero-order chi connectivity index (χ0) is 18.1. The molecule has 4 rings (SSSR count). The van der Waals surface area contributed by atoms with Crippen molar-refractivity contribution in [3.8, 4) is 0 Å². The lowest BCUT2D eigenvalue weighted by molar-refractivity contribution is 0.169. The van der Waals surface area contributed by atoms with E-state index in [4.69, 9.17) is 5.10 Å². The maximum Gasteiger partial charge on any atom is 0.319 e. The SMILES string of the molecule is CN(C)C(=O)N1CCCn2nc(CNc3ncnc4ccsc34)cc2C1. The van der Waals surface area contributed by atoms with Crippen molar-refractivity contribution in [1.29, 1.82) is 0 Å². The molecule has 0 bridgehead atoms. The molecule has 1 N–H and O–H groups in total. The summed E-state index contributed by atoms with van der Waals surface area (Å²) in [4.78, 5) is 24.4. The minimum atomic E-state index is 0.0420. The molecule has 2 amide bonds. The Morgan fingerprint density at radius 3 is 3.08 bits per heavy atom. The number of carbonyl (C=O) groups is 1. The molecule has 136 valence electrons. The van der Waals surface area contributed by atoms with Crippen LogP contribution in [-0.4, -0.2) is 56.2 Å². The van der Waals surface area contributed by atoms with Gasteiger partial charge in [-0.05, 0) is 23.9 Å². The molecule has 1 aliphatic rings. The minimum absolute atomic E-state index is 0.0420. The van der Waals surface area contributed by atoms with Crippen LogP contribution in [0, 0.1) is 0 Å². The van der Waals surface area contributed by atoms with Gasteiger partial charge >= 0.3 is 6.03 Å². The van der Waals surface area contributed by atoms with Crippen LogP contribution < -0.4 is 5.32 Å². The van der Waals surface area contributed by atoms with Gasteiger partial charge in [-0.1, -0.05) is 0 Å². The summed E-state index contributed by atoms with van der Waals surface area (Å²) in [7, 11) is 3.57. The number of thiophene rings is 1. The molecule has 0 unspecified atom stereocenters. The second-order valence-corrected chi connectivity index (χ2v) is 7.43. The molecule has 4 heterocycles. The van der Waals surface area contributed by atoms with Crippen LogP contribution in [0.25, 0.3) is 10.2 Å².